The van der Waals surface area contributed by atoms with E-state index in [1.807, 2.05) is 22.9 Å². The molecule has 3 heterocycles. The van der Waals surface area contributed by atoms with Crippen LogP contribution in [0.25, 0.3) is 9.88 Å². The van der Waals surface area contributed by atoms with Crippen molar-refractivity contribution in [3.63, 3.8) is 0 Å². The third-order valence-corrected chi connectivity index (χ3v) is 8.25. The third kappa shape index (κ3) is 4.45. The van der Waals surface area contributed by atoms with Crippen molar-refractivity contribution in [1.82, 2.24) is 15.2 Å². The molecule has 2 amide bonds. The Labute approximate surface area is 185 Å². The van der Waals surface area contributed by atoms with Gasteiger partial charge in [0.25, 0.3) is 5.91 Å². The zero-order chi connectivity index (χ0) is 21.3. The number of aromatic nitrogens is 1. The van der Waals surface area contributed by atoms with Gasteiger partial charge in [0.1, 0.15) is 17.2 Å². The van der Waals surface area contributed by atoms with Crippen LogP contribution in [0.1, 0.15) is 43.6 Å². The third-order valence-electron chi connectivity index (χ3n) is 6.37. The van der Waals surface area contributed by atoms with E-state index in [1.165, 1.54) is 11.3 Å². The first kappa shape index (κ1) is 21.5. The summed E-state index contributed by atoms with van der Waals surface area (Å²) in [4.78, 5) is 33.0. The molecular formula is C22H29N3O3S2. The minimum Gasteiger partial charge on any atom is -0.378 e. The van der Waals surface area contributed by atoms with E-state index >= 15 is 0 Å². The Hall–Kier alpha value is -1.77. The van der Waals surface area contributed by atoms with E-state index in [9.17, 15) is 9.59 Å². The number of fused-ring (bicyclic) bond motifs is 1. The average Bonchev–Trinajstić information content (AvgIpc) is 3.49. The number of nitrogens with one attached hydrogen (secondary N) is 1. The molecule has 4 atom stereocenters. The Morgan fingerprint density at radius 1 is 1.27 bits per heavy atom. The molecule has 162 valence electrons. The molecule has 0 aromatic carbocycles. The highest BCUT2D eigenvalue weighted by molar-refractivity contribution is 7.20. The number of thiazole rings is 1. The zero-order valence-electron chi connectivity index (χ0n) is 17.7. The number of carbonyl (C=O) groups excluding carboxylic acids is 2. The molecule has 0 unspecified atom stereocenters. The van der Waals surface area contributed by atoms with Crippen molar-refractivity contribution in [2.75, 3.05) is 20.2 Å². The van der Waals surface area contributed by atoms with Crippen molar-refractivity contribution in [3.05, 3.63) is 28.6 Å². The molecular weight excluding hydrogens is 418 g/mol. The first-order valence-corrected chi connectivity index (χ1v) is 12.3. The largest absolute Gasteiger partial charge is 0.378 e. The molecule has 2 fully saturated rings. The fourth-order valence-corrected chi connectivity index (χ4v) is 6.25. The van der Waals surface area contributed by atoms with Gasteiger partial charge in [0.15, 0.2) is 0 Å². The minimum absolute atomic E-state index is 0.0474. The summed E-state index contributed by atoms with van der Waals surface area (Å²) in [5.74, 6) is 1.21. The topological polar surface area (TPSA) is 71.5 Å². The maximum Gasteiger partial charge on any atom is 0.274 e. The lowest BCUT2D eigenvalue weighted by Gasteiger charge is -2.34. The van der Waals surface area contributed by atoms with E-state index in [1.54, 1.807) is 23.3 Å². The average molecular weight is 448 g/mol. The van der Waals surface area contributed by atoms with E-state index in [4.69, 9.17) is 4.74 Å². The second-order valence-electron chi connectivity index (χ2n) is 8.62. The molecule has 1 aliphatic heterocycles. The van der Waals surface area contributed by atoms with Crippen molar-refractivity contribution in [2.45, 2.75) is 45.3 Å². The van der Waals surface area contributed by atoms with Gasteiger partial charge in [0.2, 0.25) is 5.91 Å². The maximum atomic E-state index is 13.4. The van der Waals surface area contributed by atoms with Gasteiger partial charge in [-0.25, -0.2) is 4.98 Å². The summed E-state index contributed by atoms with van der Waals surface area (Å²) >= 11 is 3.08. The Bertz CT molecular complexity index is 880. The fourth-order valence-electron chi connectivity index (χ4n) is 4.64. The van der Waals surface area contributed by atoms with Gasteiger partial charge in [-0.2, -0.15) is 0 Å². The molecule has 0 radical (unpaired) electrons. The molecule has 1 aliphatic carbocycles. The lowest BCUT2D eigenvalue weighted by atomic mass is 9.85. The van der Waals surface area contributed by atoms with Crippen LogP contribution in [-0.2, 0) is 9.53 Å². The summed E-state index contributed by atoms with van der Waals surface area (Å²) in [6.45, 7) is 5.23. The lowest BCUT2D eigenvalue weighted by Crippen LogP contribution is -2.45. The second kappa shape index (κ2) is 9.16. The molecule has 1 saturated carbocycles. The molecule has 30 heavy (non-hydrogen) atoms. The monoisotopic (exact) mass is 447 g/mol. The number of ether oxygens (including phenoxy) is 1. The molecule has 0 bridgehead atoms. The number of likely N-dealkylation sites (N-methyl/N-ethyl adjacent to an activating group) is 1. The van der Waals surface area contributed by atoms with Gasteiger partial charge in [-0.15, -0.1) is 22.7 Å². The van der Waals surface area contributed by atoms with E-state index in [0.717, 1.165) is 35.8 Å². The predicted molar refractivity (Wildman–Crippen MR) is 120 cm³/mol. The predicted octanol–water partition coefficient (Wildman–Crippen LogP) is 3.90. The van der Waals surface area contributed by atoms with Crippen LogP contribution in [0.15, 0.2) is 22.9 Å². The van der Waals surface area contributed by atoms with E-state index in [0.29, 0.717) is 29.6 Å². The molecule has 1 saturated heterocycles. The Morgan fingerprint density at radius 2 is 2.07 bits per heavy atom. The Morgan fingerprint density at radius 3 is 2.77 bits per heavy atom. The summed E-state index contributed by atoms with van der Waals surface area (Å²) in [5.41, 5.74) is 0.429. The molecule has 2 aromatic rings. The summed E-state index contributed by atoms with van der Waals surface area (Å²) in [7, 11) is 1.61. The quantitative estimate of drug-likeness (QED) is 0.729. The van der Waals surface area contributed by atoms with Gasteiger partial charge in [0, 0.05) is 18.5 Å². The first-order chi connectivity index (χ1) is 14.5. The highest BCUT2D eigenvalue weighted by atomic mass is 32.1. The first-order valence-electron chi connectivity index (χ1n) is 10.6. The van der Waals surface area contributed by atoms with Gasteiger partial charge in [-0.1, -0.05) is 19.9 Å². The number of rotatable bonds is 6. The summed E-state index contributed by atoms with van der Waals surface area (Å²) in [6.07, 6.45) is 3.15. The zero-order valence-corrected chi connectivity index (χ0v) is 19.3. The summed E-state index contributed by atoms with van der Waals surface area (Å²) in [5, 5.41) is 7.33. The number of hydrogen-bond acceptors (Lipinski definition) is 6. The maximum absolute atomic E-state index is 13.4. The smallest absolute Gasteiger partial charge is 0.274 e. The van der Waals surface area contributed by atoms with Crippen LogP contribution in [0.3, 0.4) is 0 Å². The van der Waals surface area contributed by atoms with Crippen LogP contribution < -0.4 is 5.32 Å². The van der Waals surface area contributed by atoms with Gasteiger partial charge in [0.05, 0.1) is 17.6 Å². The van der Waals surface area contributed by atoms with Gasteiger partial charge >= 0.3 is 0 Å². The molecule has 2 aliphatic rings. The molecule has 2 aromatic heterocycles. The molecule has 0 spiro atoms. The van der Waals surface area contributed by atoms with Crippen LogP contribution in [0.5, 0.6) is 0 Å². The van der Waals surface area contributed by atoms with Gasteiger partial charge in [-0.3, -0.25) is 9.59 Å². The van der Waals surface area contributed by atoms with E-state index in [-0.39, 0.29) is 24.4 Å². The van der Waals surface area contributed by atoms with Crippen molar-refractivity contribution in [2.24, 2.45) is 17.8 Å². The van der Waals surface area contributed by atoms with Crippen LogP contribution in [0.2, 0.25) is 0 Å². The lowest BCUT2D eigenvalue weighted by molar-refractivity contribution is -0.121. The molecule has 8 heteroatoms. The summed E-state index contributed by atoms with van der Waals surface area (Å²) in [6, 6.07) is 4.03. The van der Waals surface area contributed by atoms with Gasteiger partial charge in [-0.05, 0) is 48.5 Å². The Kier molecular flexibility index (Phi) is 6.55. The number of carbonyl (C=O) groups is 2. The molecule has 4 rings (SSSR count). The normalized spacial score (nSPS) is 25.9. The minimum atomic E-state index is -0.150. The van der Waals surface area contributed by atoms with Crippen molar-refractivity contribution >= 4 is 34.5 Å². The van der Waals surface area contributed by atoms with Crippen LogP contribution in [0, 0.1) is 17.8 Å². The van der Waals surface area contributed by atoms with Crippen LogP contribution >= 0.6 is 22.7 Å². The number of nitrogens with zero attached hydrogens (tertiary/aromatic N) is 2. The number of amides is 2. The Balaban J connectivity index is 1.52. The molecule has 6 nitrogen and oxygen atoms in total. The van der Waals surface area contributed by atoms with E-state index in [2.05, 4.69) is 24.1 Å². The number of hydrogen-bond donors (Lipinski definition) is 1. The van der Waals surface area contributed by atoms with Crippen molar-refractivity contribution in [3.8, 4) is 9.88 Å². The van der Waals surface area contributed by atoms with Crippen LogP contribution in [-0.4, -0.2) is 54.0 Å². The van der Waals surface area contributed by atoms with Gasteiger partial charge < -0.3 is 15.0 Å². The highest BCUT2D eigenvalue weighted by Crippen LogP contribution is 2.43. The highest BCUT2D eigenvalue weighted by Gasteiger charge is 2.43. The van der Waals surface area contributed by atoms with Crippen molar-refractivity contribution < 1.29 is 14.3 Å². The second-order valence-corrected chi connectivity index (χ2v) is 10.4. The number of thiophene rings is 1. The standard InChI is InChI=1S/C22H29N3O3S2/c1-13(2)18-9-14-7-16(8-15(14)11-28-18)25(10-20(26)23-3)22(27)17-12-30-21(24-17)19-5-4-6-29-19/h4-6,12-16,18H,7-11H2,1-3H3,(H,23,26)/t14-,15+,16-,18-/m0/s1. The SMILES string of the molecule is CNC(=O)CN(C(=O)c1csc(-c2cccs2)n1)[C@@H]1C[C@@H]2CO[C@H](C(C)C)C[C@@H]2C1. The summed E-state index contributed by atoms with van der Waals surface area (Å²) < 4.78 is 6.08. The van der Waals surface area contributed by atoms with E-state index < -0.39 is 0 Å². The van der Waals surface area contributed by atoms with Crippen molar-refractivity contribution in [1.29, 1.82) is 0 Å². The van der Waals surface area contributed by atoms with Crippen LogP contribution in [0.4, 0.5) is 0 Å². The molecule has 1 N–H and O–H groups in total. The fraction of sp³-hybridized carbons (Fsp3) is 0.591.